The lowest BCUT2D eigenvalue weighted by atomic mass is 9.43. The largest absolute Gasteiger partial charge is 0.378 e. The first-order chi connectivity index (χ1) is 17.5. The summed E-state index contributed by atoms with van der Waals surface area (Å²) in [5.74, 6) is 12.5. The van der Waals surface area contributed by atoms with Crippen LogP contribution in [0.15, 0.2) is 24.3 Å². The van der Waals surface area contributed by atoms with Gasteiger partial charge in [-0.1, -0.05) is 77.3 Å². The van der Waals surface area contributed by atoms with Crippen molar-refractivity contribution >= 4 is 11.6 Å². The molecule has 1 aromatic carbocycles. The Morgan fingerprint density at radius 2 is 1.62 bits per heavy atom. The van der Waals surface area contributed by atoms with Gasteiger partial charge in [-0.15, -0.1) is 0 Å². The zero-order chi connectivity index (χ0) is 26.4. The van der Waals surface area contributed by atoms with E-state index in [9.17, 15) is 5.11 Å². The van der Waals surface area contributed by atoms with Crippen molar-refractivity contribution in [3.63, 3.8) is 0 Å². The number of aliphatic hydroxyl groups is 1. The number of fused-ring (bicyclic) bond motifs is 5. The van der Waals surface area contributed by atoms with Crippen molar-refractivity contribution in [3.8, 4) is 11.8 Å². The molecule has 9 atom stereocenters. The van der Waals surface area contributed by atoms with Crippen LogP contribution in [0.5, 0.6) is 0 Å². The van der Waals surface area contributed by atoms with Crippen LogP contribution in [0, 0.1) is 64.1 Å². The second-order valence-electron chi connectivity index (χ2n) is 14.7. The molecule has 4 fully saturated rings. The van der Waals surface area contributed by atoms with E-state index in [1.165, 1.54) is 57.8 Å². The highest BCUT2D eigenvalue weighted by atomic mass is 35.5. The van der Waals surface area contributed by atoms with Gasteiger partial charge < -0.3 is 5.11 Å². The van der Waals surface area contributed by atoms with Crippen molar-refractivity contribution < 1.29 is 5.11 Å². The van der Waals surface area contributed by atoms with Gasteiger partial charge in [0.05, 0.1) is 0 Å². The molecule has 4 aliphatic carbocycles. The first-order valence-electron chi connectivity index (χ1n) is 15.6. The molecule has 0 radical (unpaired) electrons. The average Bonchev–Trinajstić information content (AvgIpc) is 3.21. The predicted octanol–water partition coefficient (Wildman–Crippen LogP) is 9.54. The summed E-state index contributed by atoms with van der Waals surface area (Å²) in [7, 11) is 0. The SMILES string of the molecule is CC(C)CCC[C@H](C)[C@@H]1CC[C@@H]2[C@@H]3CC[C@@H]4C[C@](O)(C#Cc5ccc(Cl)cc5)CC[C@]4(C)[C@H]3CC[C@]21C. The number of rotatable bonds is 5. The van der Waals surface area contributed by atoms with E-state index >= 15 is 0 Å². The molecule has 1 nitrogen and oxygen atoms in total. The summed E-state index contributed by atoms with van der Waals surface area (Å²) < 4.78 is 0. The minimum atomic E-state index is -0.844. The molecule has 5 rings (SSSR count). The average molecular weight is 523 g/mol. The van der Waals surface area contributed by atoms with Gasteiger partial charge in [0.25, 0.3) is 0 Å². The Kier molecular flexibility index (Phi) is 7.86. The summed E-state index contributed by atoms with van der Waals surface area (Å²) >= 11 is 6.03. The fourth-order valence-corrected chi connectivity index (χ4v) is 10.2. The third kappa shape index (κ3) is 5.29. The van der Waals surface area contributed by atoms with E-state index in [0.29, 0.717) is 16.7 Å². The minimum Gasteiger partial charge on any atom is -0.378 e. The zero-order valence-corrected chi connectivity index (χ0v) is 24.9. The summed E-state index contributed by atoms with van der Waals surface area (Å²) in [5, 5.41) is 12.3. The van der Waals surface area contributed by atoms with E-state index in [1.54, 1.807) is 0 Å². The molecular weight excluding hydrogens is 472 g/mol. The van der Waals surface area contributed by atoms with Crippen molar-refractivity contribution in [1.29, 1.82) is 0 Å². The van der Waals surface area contributed by atoms with E-state index in [0.717, 1.165) is 65.4 Å². The number of benzene rings is 1. The van der Waals surface area contributed by atoms with Gasteiger partial charge in [-0.2, -0.15) is 0 Å². The fraction of sp³-hybridized carbons (Fsp3) is 0.771. The molecule has 1 N–H and O–H groups in total. The molecule has 4 saturated carbocycles. The van der Waals surface area contributed by atoms with Crippen molar-refractivity contribution in [2.45, 2.75) is 117 Å². The maximum atomic E-state index is 11.5. The Balaban J connectivity index is 1.26. The Labute approximate surface area is 232 Å². The van der Waals surface area contributed by atoms with Crippen LogP contribution in [0.4, 0.5) is 0 Å². The molecule has 37 heavy (non-hydrogen) atoms. The minimum absolute atomic E-state index is 0.374. The summed E-state index contributed by atoms with van der Waals surface area (Å²) in [5.41, 5.74) is 1.03. The van der Waals surface area contributed by atoms with Gasteiger partial charge in [0.15, 0.2) is 0 Å². The predicted molar refractivity (Wildman–Crippen MR) is 156 cm³/mol. The molecule has 0 aromatic heterocycles. The van der Waals surface area contributed by atoms with Crippen LogP contribution in [0.25, 0.3) is 0 Å². The van der Waals surface area contributed by atoms with Crippen LogP contribution in [-0.2, 0) is 0 Å². The van der Waals surface area contributed by atoms with Gasteiger partial charge in [0.2, 0.25) is 0 Å². The van der Waals surface area contributed by atoms with Crippen molar-refractivity contribution in [2.24, 2.45) is 52.3 Å². The smallest absolute Gasteiger partial charge is 0.126 e. The first kappa shape index (κ1) is 27.6. The lowest BCUT2D eigenvalue weighted by molar-refractivity contribution is -0.140. The molecule has 0 unspecified atom stereocenters. The monoisotopic (exact) mass is 522 g/mol. The molecule has 0 spiro atoms. The Hall–Kier alpha value is -0.970. The molecule has 0 amide bonds. The highest BCUT2D eigenvalue weighted by Gasteiger charge is 2.61. The quantitative estimate of drug-likeness (QED) is 0.381. The third-order valence-electron chi connectivity index (χ3n) is 12.2. The van der Waals surface area contributed by atoms with E-state index < -0.39 is 5.60 Å². The van der Waals surface area contributed by atoms with Crippen LogP contribution < -0.4 is 0 Å². The lowest BCUT2D eigenvalue weighted by Gasteiger charge is -2.62. The van der Waals surface area contributed by atoms with Gasteiger partial charge in [-0.05, 0) is 134 Å². The summed E-state index contributed by atoms with van der Waals surface area (Å²) in [4.78, 5) is 0. The standard InChI is InChI=1S/C35H51ClO/c1-24(2)7-6-8-25(3)30-15-16-31-29-14-11-27-23-35(37,20-17-26-9-12-28(36)13-10-26)22-21-33(27,4)32(29)18-19-34(30,31)5/h9-10,12-13,24-25,27,29-32,37H,6-8,11,14-16,18-19,21-23H2,1-5H3/t25-,27+,29-,30-,31+,32-,33-,34-,35-/m0/s1. The van der Waals surface area contributed by atoms with Gasteiger partial charge in [-0.25, -0.2) is 0 Å². The molecule has 0 heterocycles. The van der Waals surface area contributed by atoms with E-state index in [2.05, 4.69) is 46.5 Å². The van der Waals surface area contributed by atoms with E-state index in [4.69, 9.17) is 11.6 Å². The summed E-state index contributed by atoms with van der Waals surface area (Å²) in [6.07, 6.45) is 15.5. The Morgan fingerprint density at radius 3 is 2.35 bits per heavy atom. The number of hydrogen-bond acceptors (Lipinski definition) is 1. The van der Waals surface area contributed by atoms with Crippen LogP contribution >= 0.6 is 11.6 Å². The maximum Gasteiger partial charge on any atom is 0.126 e. The molecule has 2 heteroatoms. The first-order valence-corrected chi connectivity index (χ1v) is 15.9. The fourth-order valence-electron chi connectivity index (χ4n) is 10.1. The van der Waals surface area contributed by atoms with Gasteiger partial charge in [0, 0.05) is 10.6 Å². The summed E-state index contributed by atoms with van der Waals surface area (Å²) in [6.45, 7) is 12.6. The van der Waals surface area contributed by atoms with Crippen LogP contribution in [0.2, 0.25) is 5.02 Å². The van der Waals surface area contributed by atoms with Gasteiger partial charge >= 0.3 is 0 Å². The van der Waals surface area contributed by atoms with Gasteiger partial charge in [-0.3, -0.25) is 0 Å². The Bertz CT molecular complexity index is 1000. The molecule has 0 saturated heterocycles. The van der Waals surface area contributed by atoms with E-state index in [1.807, 2.05) is 24.3 Å². The van der Waals surface area contributed by atoms with Gasteiger partial charge in [0.1, 0.15) is 5.60 Å². The second-order valence-corrected chi connectivity index (χ2v) is 15.1. The summed E-state index contributed by atoms with van der Waals surface area (Å²) in [6, 6.07) is 7.67. The number of halogens is 1. The molecule has 1 aromatic rings. The lowest BCUT2D eigenvalue weighted by Crippen LogP contribution is -2.55. The maximum absolute atomic E-state index is 11.5. The van der Waals surface area contributed by atoms with E-state index in [-0.39, 0.29) is 0 Å². The van der Waals surface area contributed by atoms with Crippen molar-refractivity contribution in [1.82, 2.24) is 0 Å². The highest BCUT2D eigenvalue weighted by molar-refractivity contribution is 6.30. The highest BCUT2D eigenvalue weighted by Crippen LogP contribution is 2.68. The molecule has 0 aliphatic heterocycles. The van der Waals surface area contributed by atoms with Crippen LogP contribution in [-0.4, -0.2) is 10.7 Å². The van der Waals surface area contributed by atoms with Crippen molar-refractivity contribution in [3.05, 3.63) is 34.9 Å². The normalized spacial score (nSPS) is 41.8. The van der Waals surface area contributed by atoms with Crippen molar-refractivity contribution in [2.75, 3.05) is 0 Å². The third-order valence-corrected chi connectivity index (χ3v) is 12.5. The second kappa shape index (κ2) is 10.5. The Morgan fingerprint density at radius 1 is 0.892 bits per heavy atom. The molecule has 204 valence electrons. The molecule has 0 bridgehead atoms. The van der Waals surface area contributed by atoms with Crippen LogP contribution in [0.1, 0.15) is 117 Å². The zero-order valence-electron chi connectivity index (χ0n) is 24.2. The molecule has 4 aliphatic rings. The number of hydrogen-bond donors (Lipinski definition) is 1. The van der Waals surface area contributed by atoms with Crippen LogP contribution in [0.3, 0.4) is 0 Å². The topological polar surface area (TPSA) is 20.2 Å². The molecular formula is C35H51ClO.